The van der Waals surface area contributed by atoms with Gasteiger partial charge in [-0.1, -0.05) is 0 Å². The number of anilines is 1. The van der Waals surface area contributed by atoms with Crippen LogP contribution in [0.15, 0.2) is 12.1 Å². The predicted octanol–water partition coefficient (Wildman–Crippen LogP) is 2.41. The fraction of sp³-hybridized carbons (Fsp3) is 0.385. The molecule has 0 fully saturated rings. The molecule has 108 valence electrons. The number of nitrogen functional groups attached to an aromatic ring is 1. The van der Waals surface area contributed by atoms with E-state index in [-0.39, 0.29) is 23.1 Å². The molecule has 0 radical (unpaired) electrons. The summed E-state index contributed by atoms with van der Waals surface area (Å²) in [5.74, 6) is -2.56. The van der Waals surface area contributed by atoms with E-state index in [9.17, 15) is 13.6 Å². The van der Waals surface area contributed by atoms with Gasteiger partial charge >= 0.3 is 5.97 Å². The Labute approximate surface area is 114 Å². The maximum atomic E-state index is 13.3. The molecule has 0 amide bonds. The number of benzene rings is 1. The van der Waals surface area contributed by atoms with E-state index in [2.05, 4.69) is 4.98 Å². The fourth-order valence-corrected chi connectivity index (χ4v) is 1.95. The van der Waals surface area contributed by atoms with Crippen LogP contribution >= 0.6 is 0 Å². The van der Waals surface area contributed by atoms with Crippen molar-refractivity contribution in [1.29, 1.82) is 0 Å². The summed E-state index contributed by atoms with van der Waals surface area (Å²) in [6.07, 6.45) is -0.282. The Kier molecular flexibility index (Phi) is 3.61. The van der Waals surface area contributed by atoms with E-state index in [0.29, 0.717) is 0 Å². The molecule has 5 nitrogen and oxygen atoms in total. The van der Waals surface area contributed by atoms with Gasteiger partial charge < -0.3 is 10.5 Å². The fourth-order valence-electron chi connectivity index (χ4n) is 1.95. The van der Waals surface area contributed by atoms with Gasteiger partial charge in [0.25, 0.3) is 0 Å². The Morgan fingerprint density at radius 3 is 2.50 bits per heavy atom. The number of hydrogen-bond donors (Lipinski definition) is 1. The molecule has 1 aromatic carbocycles. The van der Waals surface area contributed by atoms with Gasteiger partial charge in [0.05, 0.1) is 17.1 Å². The molecule has 2 rings (SSSR count). The number of esters is 1. The standard InChI is InChI=1S/C13H15F2N3O2/c1-6(2)20-12(19)7(3)18-11-5-9(15)8(14)4-10(11)17-13(18)16/h4-7H,1-3H3,(H2,16,17). The van der Waals surface area contributed by atoms with E-state index in [1.165, 1.54) is 4.57 Å². The largest absolute Gasteiger partial charge is 0.461 e. The molecule has 2 aromatic rings. The molecule has 1 aromatic heterocycles. The van der Waals surface area contributed by atoms with Crippen molar-refractivity contribution in [3.63, 3.8) is 0 Å². The molecule has 1 heterocycles. The summed E-state index contributed by atoms with van der Waals surface area (Å²) in [5.41, 5.74) is 6.15. The summed E-state index contributed by atoms with van der Waals surface area (Å²) in [6, 6.07) is 1.12. The molecule has 1 atom stereocenters. The monoisotopic (exact) mass is 283 g/mol. The van der Waals surface area contributed by atoms with Gasteiger partial charge in [-0.25, -0.2) is 18.6 Å². The molecule has 0 aliphatic carbocycles. The van der Waals surface area contributed by atoms with Crippen LogP contribution in [0.2, 0.25) is 0 Å². The number of fused-ring (bicyclic) bond motifs is 1. The molecule has 0 aliphatic heterocycles. The first-order valence-corrected chi connectivity index (χ1v) is 6.14. The van der Waals surface area contributed by atoms with Gasteiger partial charge in [-0.05, 0) is 20.8 Å². The zero-order valence-corrected chi connectivity index (χ0v) is 11.4. The van der Waals surface area contributed by atoms with E-state index < -0.39 is 23.6 Å². The number of aromatic nitrogens is 2. The highest BCUT2D eigenvalue weighted by Gasteiger charge is 2.23. The van der Waals surface area contributed by atoms with Crippen LogP contribution in [0.3, 0.4) is 0 Å². The van der Waals surface area contributed by atoms with Crippen LogP contribution in [0.25, 0.3) is 11.0 Å². The van der Waals surface area contributed by atoms with E-state index in [1.807, 2.05) is 0 Å². The quantitative estimate of drug-likeness (QED) is 0.878. The lowest BCUT2D eigenvalue weighted by atomic mass is 10.2. The third kappa shape index (κ3) is 2.43. The highest BCUT2D eigenvalue weighted by Crippen LogP contribution is 2.25. The first-order chi connectivity index (χ1) is 9.31. The Hall–Kier alpha value is -2.18. The van der Waals surface area contributed by atoms with Crippen molar-refractivity contribution >= 4 is 23.0 Å². The first-order valence-electron chi connectivity index (χ1n) is 6.14. The molecule has 0 saturated carbocycles. The highest BCUT2D eigenvalue weighted by atomic mass is 19.2. The molecule has 0 spiro atoms. The molecule has 7 heteroatoms. The smallest absolute Gasteiger partial charge is 0.329 e. The SMILES string of the molecule is CC(C)OC(=O)C(C)n1c(N)nc2cc(F)c(F)cc21. The second-order valence-electron chi connectivity index (χ2n) is 4.76. The van der Waals surface area contributed by atoms with Crippen molar-refractivity contribution in [1.82, 2.24) is 9.55 Å². The van der Waals surface area contributed by atoms with Crippen molar-refractivity contribution in [2.75, 3.05) is 5.73 Å². The van der Waals surface area contributed by atoms with Crippen LogP contribution in [0.5, 0.6) is 0 Å². The van der Waals surface area contributed by atoms with Crippen LogP contribution in [0.1, 0.15) is 26.8 Å². The normalized spacial score (nSPS) is 12.9. The third-order valence-electron chi connectivity index (χ3n) is 2.84. The van der Waals surface area contributed by atoms with E-state index in [1.54, 1.807) is 20.8 Å². The van der Waals surface area contributed by atoms with Crippen molar-refractivity contribution < 1.29 is 18.3 Å². The maximum absolute atomic E-state index is 13.3. The van der Waals surface area contributed by atoms with Crippen molar-refractivity contribution in [2.24, 2.45) is 0 Å². The Morgan fingerprint density at radius 1 is 1.30 bits per heavy atom. The van der Waals surface area contributed by atoms with Crippen molar-refractivity contribution in [3.05, 3.63) is 23.8 Å². The number of imidazole rings is 1. The summed E-state index contributed by atoms with van der Waals surface area (Å²) in [5, 5.41) is 0. The zero-order valence-electron chi connectivity index (χ0n) is 11.4. The minimum absolute atomic E-state index is 0.00166. The summed E-state index contributed by atoms with van der Waals surface area (Å²) >= 11 is 0. The number of nitrogens with two attached hydrogens (primary N) is 1. The molecule has 0 bridgehead atoms. The Balaban J connectivity index is 2.51. The van der Waals surface area contributed by atoms with Crippen LogP contribution in [-0.4, -0.2) is 21.6 Å². The minimum Gasteiger partial charge on any atom is -0.461 e. The van der Waals surface area contributed by atoms with Gasteiger partial charge in [0.15, 0.2) is 11.6 Å². The van der Waals surface area contributed by atoms with Crippen LogP contribution in [0.4, 0.5) is 14.7 Å². The Bertz CT molecular complexity index is 667. The number of rotatable bonds is 3. The second kappa shape index (κ2) is 5.07. The van der Waals surface area contributed by atoms with Crippen LogP contribution in [0, 0.1) is 11.6 Å². The van der Waals surface area contributed by atoms with Gasteiger partial charge in [-0.15, -0.1) is 0 Å². The molecule has 2 N–H and O–H groups in total. The Morgan fingerprint density at radius 2 is 1.90 bits per heavy atom. The second-order valence-corrected chi connectivity index (χ2v) is 4.76. The summed E-state index contributed by atoms with van der Waals surface area (Å²) < 4.78 is 32.9. The van der Waals surface area contributed by atoms with Crippen LogP contribution in [-0.2, 0) is 9.53 Å². The predicted molar refractivity (Wildman–Crippen MR) is 70.0 cm³/mol. The number of hydrogen-bond acceptors (Lipinski definition) is 4. The molecule has 1 unspecified atom stereocenters. The van der Waals surface area contributed by atoms with Gasteiger partial charge in [0.2, 0.25) is 5.95 Å². The molecular weight excluding hydrogens is 268 g/mol. The van der Waals surface area contributed by atoms with Crippen molar-refractivity contribution in [2.45, 2.75) is 32.9 Å². The summed E-state index contributed by atoms with van der Waals surface area (Å²) in [4.78, 5) is 15.8. The summed E-state index contributed by atoms with van der Waals surface area (Å²) in [7, 11) is 0. The number of nitrogens with zero attached hydrogens (tertiary/aromatic N) is 2. The van der Waals surface area contributed by atoms with Gasteiger partial charge in [-0.2, -0.15) is 0 Å². The number of halogens is 2. The zero-order chi connectivity index (χ0) is 15.0. The number of carbonyl (C=O) groups is 1. The number of ether oxygens (including phenoxy) is 1. The first kappa shape index (κ1) is 14.2. The van der Waals surface area contributed by atoms with Crippen LogP contribution < -0.4 is 5.73 Å². The topological polar surface area (TPSA) is 70.1 Å². The summed E-state index contributed by atoms with van der Waals surface area (Å²) in [6.45, 7) is 4.99. The number of carbonyl (C=O) groups excluding carboxylic acids is 1. The molecule has 0 aliphatic rings. The molecule has 20 heavy (non-hydrogen) atoms. The maximum Gasteiger partial charge on any atom is 0.329 e. The van der Waals surface area contributed by atoms with Gasteiger partial charge in [0, 0.05) is 12.1 Å². The highest BCUT2D eigenvalue weighted by molar-refractivity contribution is 5.83. The molecule has 0 saturated heterocycles. The third-order valence-corrected chi connectivity index (χ3v) is 2.84. The van der Waals surface area contributed by atoms with Gasteiger partial charge in [0.1, 0.15) is 6.04 Å². The molecular formula is C13H15F2N3O2. The minimum atomic E-state index is -1.02. The van der Waals surface area contributed by atoms with E-state index >= 15 is 0 Å². The average Bonchev–Trinajstić information content (AvgIpc) is 2.63. The van der Waals surface area contributed by atoms with E-state index in [4.69, 9.17) is 10.5 Å². The van der Waals surface area contributed by atoms with Crippen molar-refractivity contribution in [3.8, 4) is 0 Å². The average molecular weight is 283 g/mol. The van der Waals surface area contributed by atoms with E-state index in [0.717, 1.165) is 12.1 Å². The lowest BCUT2D eigenvalue weighted by Gasteiger charge is -2.16. The van der Waals surface area contributed by atoms with Gasteiger partial charge in [-0.3, -0.25) is 4.57 Å². The lowest BCUT2D eigenvalue weighted by molar-refractivity contribution is -0.150. The lowest BCUT2D eigenvalue weighted by Crippen LogP contribution is -2.23.